The summed E-state index contributed by atoms with van der Waals surface area (Å²) in [4.78, 5) is 15.6. The van der Waals surface area contributed by atoms with Crippen LogP contribution in [0.1, 0.15) is 23.0 Å². The van der Waals surface area contributed by atoms with Crippen LogP contribution in [0.2, 0.25) is 5.15 Å². The first-order valence-corrected chi connectivity index (χ1v) is 6.24. The summed E-state index contributed by atoms with van der Waals surface area (Å²) in [6.45, 7) is 2.09. The monoisotopic (exact) mass is 251 g/mol. The average Bonchev–Trinajstić information content (AvgIpc) is 2.55. The summed E-state index contributed by atoms with van der Waals surface area (Å²) in [6, 6.07) is 0. The van der Waals surface area contributed by atoms with Gasteiger partial charge in [0.05, 0.1) is 7.11 Å². The van der Waals surface area contributed by atoms with Gasteiger partial charge in [-0.3, -0.25) is 0 Å². The van der Waals surface area contributed by atoms with E-state index in [0.29, 0.717) is 4.88 Å². The van der Waals surface area contributed by atoms with Crippen LogP contribution in [0.15, 0.2) is 4.34 Å². The maximum atomic E-state index is 11.2. The van der Waals surface area contributed by atoms with Crippen LogP contribution < -0.4 is 0 Å². The van der Waals surface area contributed by atoms with Crippen molar-refractivity contribution in [1.29, 1.82) is 0 Å². The number of hydrogen-bond donors (Lipinski definition) is 0. The predicted octanol–water partition coefficient (Wildman–Crippen LogP) is 3.09. The van der Waals surface area contributed by atoms with Gasteiger partial charge in [-0.2, -0.15) is 0 Å². The molecule has 14 heavy (non-hydrogen) atoms. The van der Waals surface area contributed by atoms with Crippen LogP contribution in [0.5, 0.6) is 0 Å². The first-order valence-electron chi connectivity index (χ1n) is 4.06. The zero-order chi connectivity index (χ0) is 10.6. The van der Waals surface area contributed by atoms with Crippen molar-refractivity contribution in [2.24, 2.45) is 0 Å². The van der Waals surface area contributed by atoms with Gasteiger partial charge in [-0.25, -0.2) is 9.78 Å². The lowest BCUT2D eigenvalue weighted by molar-refractivity contribution is 0.0606. The van der Waals surface area contributed by atoms with Gasteiger partial charge in [-0.05, 0) is 6.42 Å². The molecule has 0 unspecified atom stereocenters. The molecule has 1 heterocycles. The predicted molar refractivity (Wildman–Crippen MR) is 59.5 cm³/mol. The molecule has 0 aliphatic rings. The molecule has 1 rings (SSSR count). The van der Waals surface area contributed by atoms with Crippen molar-refractivity contribution in [3.05, 3.63) is 10.0 Å². The standard InChI is InChI=1S/C8H10ClNO2S2/c1-3-4-13-8-10-6(9)5(14-8)7(11)12-2/h3-4H2,1-2H3. The van der Waals surface area contributed by atoms with Gasteiger partial charge >= 0.3 is 5.97 Å². The summed E-state index contributed by atoms with van der Waals surface area (Å²) < 4.78 is 5.39. The maximum Gasteiger partial charge on any atom is 0.351 e. The molecule has 0 radical (unpaired) electrons. The Labute approximate surface area is 95.8 Å². The van der Waals surface area contributed by atoms with Crippen LogP contribution in [-0.4, -0.2) is 23.8 Å². The number of carbonyl (C=O) groups excluding carboxylic acids is 1. The van der Waals surface area contributed by atoms with Crippen molar-refractivity contribution in [2.45, 2.75) is 17.7 Å². The first-order chi connectivity index (χ1) is 6.69. The number of esters is 1. The number of rotatable bonds is 4. The summed E-state index contributed by atoms with van der Waals surface area (Å²) in [5.74, 6) is 0.556. The molecule has 0 N–H and O–H groups in total. The number of halogens is 1. The van der Waals surface area contributed by atoms with Crippen LogP contribution >= 0.6 is 34.7 Å². The molecule has 0 bridgehead atoms. The Bertz CT molecular complexity index is 327. The number of thioether (sulfide) groups is 1. The minimum atomic E-state index is -0.421. The Morgan fingerprint density at radius 3 is 3.00 bits per heavy atom. The number of ether oxygens (including phenoxy) is 1. The Morgan fingerprint density at radius 2 is 2.43 bits per heavy atom. The third-order valence-corrected chi connectivity index (χ3v) is 4.14. The van der Waals surface area contributed by atoms with E-state index < -0.39 is 5.97 Å². The minimum absolute atomic E-state index is 0.237. The summed E-state index contributed by atoms with van der Waals surface area (Å²) in [5.41, 5.74) is 0. The van der Waals surface area contributed by atoms with E-state index in [9.17, 15) is 4.79 Å². The Hall–Kier alpha value is -0.260. The lowest BCUT2D eigenvalue weighted by Crippen LogP contribution is -1.98. The Morgan fingerprint density at radius 1 is 1.71 bits per heavy atom. The SMILES string of the molecule is CCCSc1nc(Cl)c(C(=O)OC)s1. The van der Waals surface area contributed by atoms with Crippen LogP contribution in [-0.2, 0) is 4.74 Å². The van der Waals surface area contributed by atoms with Gasteiger partial charge in [0, 0.05) is 5.75 Å². The fraction of sp³-hybridized carbons (Fsp3) is 0.500. The van der Waals surface area contributed by atoms with E-state index in [4.69, 9.17) is 11.6 Å². The van der Waals surface area contributed by atoms with Crippen molar-refractivity contribution in [2.75, 3.05) is 12.9 Å². The van der Waals surface area contributed by atoms with Crippen LogP contribution in [0.25, 0.3) is 0 Å². The van der Waals surface area contributed by atoms with Gasteiger partial charge in [-0.15, -0.1) is 0 Å². The number of methoxy groups -OCH3 is 1. The summed E-state index contributed by atoms with van der Waals surface area (Å²) in [6.07, 6.45) is 1.06. The van der Waals surface area contributed by atoms with E-state index in [2.05, 4.69) is 16.6 Å². The van der Waals surface area contributed by atoms with E-state index >= 15 is 0 Å². The third-order valence-electron chi connectivity index (χ3n) is 1.37. The highest BCUT2D eigenvalue weighted by atomic mass is 35.5. The smallest absolute Gasteiger partial charge is 0.351 e. The Balaban J connectivity index is 2.77. The highest BCUT2D eigenvalue weighted by molar-refractivity contribution is 8.01. The number of hydrogen-bond acceptors (Lipinski definition) is 5. The van der Waals surface area contributed by atoms with Crippen LogP contribution in [0.3, 0.4) is 0 Å². The van der Waals surface area contributed by atoms with Crippen molar-refractivity contribution in [3.63, 3.8) is 0 Å². The van der Waals surface area contributed by atoms with Crippen LogP contribution in [0.4, 0.5) is 0 Å². The quantitative estimate of drug-likeness (QED) is 0.609. The molecule has 78 valence electrons. The zero-order valence-electron chi connectivity index (χ0n) is 7.87. The van der Waals surface area contributed by atoms with E-state index in [-0.39, 0.29) is 5.15 Å². The highest BCUT2D eigenvalue weighted by Gasteiger charge is 2.16. The third kappa shape index (κ3) is 2.87. The van der Waals surface area contributed by atoms with Crippen molar-refractivity contribution in [3.8, 4) is 0 Å². The van der Waals surface area contributed by atoms with E-state index in [1.54, 1.807) is 11.8 Å². The van der Waals surface area contributed by atoms with Gasteiger partial charge in [0.15, 0.2) is 14.4 Å². The molecule has 0 fully saturated rings. The Kier molecular flexibility index (Phi) is 4.71. The molecule has 1 aromatic rings. The molecule has 0 atom stereocenters. The first kappa shape index (κ1) is 11.8. The molecular formula is C8H10ClNO2S2. The largest absolute Gasteiger partial charge is 0.465 e. The molecule has 1 aromatic heterocycles. The van der Waals surface area contributed by atoms with E-state index in [0.717, 1.165) is 16.5 Å². The molecule has 0 spiro atoms. The van der Waals surface area contributed by atoms with Gasteiger partial charge in [0.25, 0.3) is 0 Å². The fourth-order valence-corrected chi connectivity index (χ4v) is 3.01. The molecule has 0 aliphatic heterocycles. The number of thiazole rings is 1. The number of nitrogens with zero attached hydrogens (tertiary/aromatic N) is 1. The highest BCUT2D eigenvalue weighted by Crippen LogP contribution is 2.30. The number of aromatic nitrogens is 1. The lowest BCUT2D eigenvalue weighted by atomic mass is 10.6. The lowest BCUT2D eigenvalue weighted by Gasteiger charge is -1.92. The second-order valence-electron chi connectivity index (χ2n) is 2.44. The molecule has 0 saturated heterocycles. The average molecular weight is 252 g/mol. The molecular weight excluding hydrogens is 242 g/mol. The fourth-order valence-electron chi connectivity index (χ4n) is 0.753. The van der Waals surface area contributed by atoms with E-state index in [1.165, 1.54) is 18.4 Å². The summed E-state index contributed by atoms with van der Waals surface area (Å²) >= 11 is 8.66. The zero-order valence-corrected chi connectivity index (χ0v) is 10.3. The minimum Gasteiger partial charge on any atom is -0.465 e. The molecule has 0 aromatic carbocycles. The van der Waals surface area contributed by atoms with Gasteiger partial charge in [0.1, 0.15) is 0 Å². The van der Waals surface area contributed by atoms with E-state index in [1.807, 2.05) is 0 Å². The second-order valence-corrected chi connectivity index (χ2v) is 5.14. The topological polar surface area (TPSA) is 39.2 Å². The van der Waals surface area contributed by atoms with Crippen molar-refractivity contribution in [1.82, 2.24) is 4.98 Å². The van der Waals surface area contributed by atoms with Gasteiger partial charge in [-0.1, -0.05) is 41.6 Å². The molecule has 0 aliphatic carbocycles. The molecule has 0 saturated carbocycles. The summed E-state index contributed by atoms with van der Waals surface area (Å²) in [5, 5.41) is 0.237. The maximum absolute atomic E-state index is 11.2. The molecule has 0 amide bonds. The van der Waals surface area contributed by atoms with Crippen LogP contribution in [0, 0.1) is 0 Å². The van der Waals surface area contributed by atoms with Gasteiger partial charge in [0.2, 0.25) is 0 Å². The number of carbonyl (C=O) groups is 1. The second kappa shape index (κ2) is 5.58. The van der Waals surface area contributed by atoms with Crippen molar-refractivity contribution >= 4 is 40.7 Å². The normalized spacial score (nSPS) is 10.2. The van der Waals surface area contributed by atoms with Crippen molar-refractivity contribution < 1.29 is 9.53 Å². The summed E-state index contributed by atoms with van der Waals surface area (Å²) in [7, 11) is 1.33. The van der Waals surface area contributed by atoms with Gasteiger partial charge < -0.3 is 4.74 Å². The molecule has 6 heteroatoms. The molecule has 3 nitrogen and oxygen atoms in total.